The summed E-state index contributed by atoms with van der Waals surface area (Å²) in [6.07, 6.45) is 14.2. The van der Waals surface area contributed by atoms with Crippen molar-refractivity contribution in [3.05, 3.63) is 107 Å². The van der Waals surface area contributed by atoms with E-state index in [1.165, 1.54) is 11.6 Å². The van der Waals surface area contributed by atoms with Gasteiger partial charge in [-0.3, -0.25) is 0 Å². The van der Waals surface area contributed by atoms with E-state index in [1.54, 1.807) is 6.08 Å². The van der Waals surface area contributed by atoms with E-state index in [0.717, 1.165) is 29.5 Å². The lowest BCUT2D eigenvalue weighted by atomic mass is 10.1. The number of aryl methyl sites for hydroxylation is 1. The molecule has 0 aliphatic heterocycles. The molecule has 0 spiro atoms. The van der Waals surface area contributed by atoms with Crippen molar-refractivity contribution in [1.29, 1.82) is 0 Å². The van der Waals surface area contributed by atoms with E-state index in [-0.39, 0.29) is 11.7 Å². The van der Waals surface area contributed by atoms with Gasteiger partial charge >= 0.3 is 0 Å². The predicted molar refractivity (Wildman–Crippen MR) is 177 cm³/mol. The first-order chi connectivity index (χ1) is 18.8. The van der Waals surface area contributed by atoms with Gasteiger partial charge in [0.05, 0.1) is 0 Å². The van der Waals surface area contributed by atoms with Crippen LogP contribution in [-0.4, -0.2) is 0 Å². The van der Waals surface area contributed by atoms with Gasteiger partial charge in [-0.15, -0.1) is 18.3 Å². The Hall–Kier alpha value is -3.33. The Morgan fingerprint density at radius 2 is 1.44 bits per heavy atom. The quantitative estimate of drug-likeness (QED) is 0.290. The fourth-order valence-electron chi connectivity index (χ4n) is 2.48. The van der Waals surface area contributed by atoms with E-state index in [0.29, 0.717) is 6.54 Å². The smallest absolute Gasteiger partial charge is 0.119 e. The number of benzene rings is 2. The number of hydrogen-bond donors (Lipinski definition) is 1. The summed E-state index contributed by atoms with van der Waals surface area (Å²) in [6.45, 7) is 22.3. The summed E-state index contributed by atoms with van der Waals surface area (Å²) in [5.74, 6) is 8.02. The summed E-state index contributed by atoms with van der Waals surface area (Å²) in [7, 11) is 0. The van der Waals surface area contributed by atoms with Crippen molar-refractivity contribution in [1.82, 2.24) is 0 Å². The molecule has 0 bridgehead atoms. The highest BCUT2D eigenvalue weighted by atomic mass is 19.1. The first kappa shape index (κ1) is 42.7. The minimum Gasteiger partial charge on any atom is -0.326 e. The summed E-state index contributed by atoms with van der Waals surface area (Å²) in [4.78, 5) is 0. The molecule has 0 heterocycles. The molecule has 0 unspecified atom stereocenters. The zero-order chi connectivity index (χ0) is 30.9. The maximum Gasteiger partial charge on any atom is 0.119 e. The molecule has 216 valence electrons. The Kier molecular flexibility index (Phi) is 38.0. The maximum absolute atomic E-state index is 13.0. The van der Waals surface area contributed by atoms with Crippen LogP contribution in [0.3, 0.4) is 0 Å². The monoisotopic (exact) mass is 533 g/mol. The molecule has 0 aliphatic carbocycles. The van der Waals surface area contributed by atoms with Crippen molar-refractivity contribution in [2.24, 2.45) is 11.7 Å². The van der Waals surface area contributed by atoms with E-state index in [9.17, 15) is 4.39 Å². The summed E-state index contributed by atoms with van der Waals surface area (Å²) < 4.78 is 13.0. The van der Waals surface area contributed by atoms with Gasteiger partial charge in [0.25, 0.3) is 0 Å². The predicted octanol–water partition coefficient (Wildman–Crippen LogP) is 10.9. The topological polar surface area (TPSA) is 26.0 Å². The Labute approximate surface area is 242 Å². The van der Waals surface area contributed by atoms with Crippen LogP contribution in [0, 0.1) is 30.1 Å². The van der Waals surface area contributed by atoms with E-state index in [2.05, 4.69) is 55.9 Å². The largest absolute Gasteiger partial charge is 0.326 e. The average molecular weight is 534 g/mol. The Balaban J connectivity index is -0.000000211. The number of halogens is 1. The summed E-state index contributed by atoms with van der Waals surface area (Å²) in [5, 5.41) is 0. The molecule has 2 aromatic rings. The fraction of sp³-hybridized carbons (Fsp3) is 0.405. The molecule has 2 aromatic carbocycles. The lowest BCUT2D eigenvalue weighted by Crippen LogP contribution is -1.95. The SMILES string of the molecule is C#Cc1cccc(CN)c1.CC.CC.CC#CC.CCc1ccccc1.C\C=C(/C=C\C(F)=C\C(C)C)CC. The minimum absolute atomic E-state index is 0.150. The van der Waals surface area contributed by atoms with Gasteiger partial charge in [0, 0.05) is 12.1 Å². The second-order valence-electron chi connectivity index (χ2n) is 7.73. The van der Waals surface area contributed by atoms with Crippen LogP contribution in [0.15, 0.2) is 90.3 Å². The molecule has 2 heteroatoms. The number of nitrogens with two attached hydrogens (primary N) is 1. The van der Waals surface area contributed by atoms with Crippen LogP contribution < -0.4 is 5.73 Å². The van der Waals surface area contributed by atoms with E-state index < -0.39 is 0 Å². The Morgan fingerprint density at radius 1 is 0.897 bits per heavy atom. The van der Waals surface area contributed by atoms with Crippen molar-refractivity contribution >= 4 is 0 Å². The van der Waals surface area contributed by atoms with Crippen LogP contribution in [0.1, 0.15) is 99.3 Å². The normalized spacial score (nSPS) is 9.67. The van der Waals surface area contributed by atoms with Gasteiger partial charge in [-0.05, 0) is 74.9 Å². The third kappa shape index (κ3) is 30.8. The molecule has 0 amide bonds. The second kappa shape index (κ2) is 34.7. The number of terminal acetylenes is 1. The highest BCUT2D eigenvalue weighted by Crippen LogP contribution is 2.09. The van der Waals surface area contributed by atoms with Crippen molar-refractivity contribution in [3.8, 4) is 24.2 Å². The fourth-order valence-corrected chi connectivity index (χ4v) is 2.48. The molecule has 0 fully saturated rings. The molecule has 0 saturated carbocycles. The zero-order valence-electron chi connectivity index (χ0n) is 26.7. The van der Waals surface area contributed by atoms with Gasteiger partial charge in [-0.1, -0.05) is 122 Å². The van der Waals surface area contributed by atoms with E-state index >= 15 is 0 Å². The number of rotatable bonds is 6. The molecule has 2 N–H and O–H groups in total. The van der Waals surface area contributed by atoms with E-state index in [4.69, 9.17) is 12.2 Å². The van der Waals surface area contributed by atoms with Crippen LogP contribution in [0.2, 0.25) is 0 Å². The van der Waals surface area contributed by atoms with Crippen LogP contribution in [0.4, 0.5) is 4.39 Å². The number of allylic oxidation sites excluding steroid dienone is 6. The molecule has 0 aliphatic rings. The molecular formula is C37H56FN. The van der Waals surface area contributed by atoms with Gasteiger partial charge in [-0.2, -0.15) is 0 Å². The molecule has 0 radical (unpaired) electrons. The van der Waals surface area contributed by atoms with Gasteiger partial charge in [-0.25, -0.2) is 4.39 Å². The van der Waals surface area contributed by atoms with Crippen LogP contribution in [0.5, 0.6) is 0 Å². The second-order valence-corrected chi connectivity index (χ2v) is 7.73. The van der Waals surface area contributed by atoms with Crippen molar-refractivity contribution in [2.45, 2.75) is 95.5 Å². The van der Waals surface area contributed by atoms with Gasteiger partial charge in [0.15, 0.2) is 0 Å². The maximum atomic E-state index is 13.0. The lowest BCUT2D eigenvalue weighted by molar-refractivity contribution is 0.644. The zero-order valence-corrected chi connectivity index (χ0v) is 26.7. The first-order valence-electron chi connectivity index (χ1n) is 14.1. The van der Waals surface area contributed by atoms with Gasteiger partial charge in [0.2, 0.25) is 0 Å². The molecule has 1 nitrogen and oxygen atoms in total. The van der Waals surface area contributed by atoms with Crippen LogP contribution in [0.25, 0.3) is 0 Å². The van der Waals surface area contributed by atoms with Crippen LogP contribution in [-0.2, 0) is 13.0 Å². The third-order valence-electron chi connectivity index (χ3n) is 4.56. The lowest BCUT2D eigenvalue weighted by Gasteiger charge is -1.95. The Bertz CT molecular complexity index is 971. The van der Waals surface area contributed by atoms with Crippen molar-refractivity contribution < 1.29 is 4.39 Å². The number of hydrogen-bond acceptors (Lipinski definition) is 1. The summed E-state index contributed by atoms with van der Waals surface area (Å²) in [6, 6.07) is 18.1. The van der Waals surface area contributed by atoms with Gasteiger partial charge < -0.3 is 5.73 Å². The van der Waals surface area contributed by atoms with E-state index in [1.807, 2.05) is 105 Å². The molecule has 0 aromatic heterocycles. The standard InChI is InChI=1S/C12H19F.C9H9N.C8H10.C4H6.2C2H6/c1-5-11(6-2)7-8-12(13)9-10(3)4;1-2-8-4-3-5-9(6-8)7-10;1-2-8-6-4-3-5-7-8;1-3-4-2;2*1-2/h5,7-10H,6H2,1-4H3;1,3-6H,7,10H2;3-7H,2H2,1H3;1-2H3;2*1-2H3/b8-7-,11-5-,12-9-;;;;;. The average Bonchev–Trinajstić information content (AvgIpc) is 3.00. The summed E-state index contributed by atoms with van der Waals surface area (Å²) >= 11 is 0. The summed E-state index contributed by atoms with van der Waals surface area (Å²) in [5.41, 5.74) is 9.94. The molecule has 0 saturated heterocycles. The Morgan fingerprint density at radius 3 is 1.79 bits per heavy atom. The molecular weight excluding hydrogens is 477 g/mol. The highest BCUT2D eigenvalue weighted by molar-refractivity contribution is 5.35. The third-order valence-corrected chi connectivity index (χ3v) is 4.56. The first-order valence-corrected chi connectivity index (χ1v) is 14.1. The van der Waals surface area contributed by atoms with Crippen LogP contribution >= 0.6 is 0 Å². The van der Waals surface area contributed by atoms with Crippen molar-refractivity contribution in [2.75, 3.05) is 0 Å². The molecule has 2 rings (SSSR count). The highest BCUT2D eigenvalue weighted by Gasteiger charge is 1.92. The molecule has 39 heavy (non-hydrogen) atoms. The van der Waals surface area contributed by atoms with Crippen molar-refractivity contribution in [3.63, 3.8) is 0 Å². The van der Waals surface area contributed by atoms with Gasteiger partial charge in [0.1, 0.15) is 5.83 Å². The molecule has 0 atom stereocenters. The minimum atomic E-state index is -0.150.